The van der Waals surface area contributed by atoms with Gasteiger partial charge < -0.3 is 4.90 Å². The van der Waals surface area contributed by atoms with Crippen LogP contribution in [0.2, 0.25) is 0 Å². The Kier molecular flexibility index (Phi) is 4.71. The number of aromatic amines is 1. The Morgan fingerprint density at radius 2 is 2.26 bits per heavy atom. The van der Waals surface area contributed by atoms with Gasteiger partial charge in [0.2, 0.25) is 0 Å². The molecular formula is C14H21N3O2. The van der Waals surface area contributed by atoms with Crippen LogP contribution in [-0.2, 0) is 0 Å². The second-order valence-electron chi connectivity index (χ2n) is 5.18. The van der Waals surface area contributed by atoms with Crippen LogP contribution in [-0.4, -0.2) is 34.1 Å². The quantitative estimate of drug-likeness (QED) is 0.904. The van der Waals surface area contributed by atoms with Gasteiger partial charge in [-0.25, -0.2) is 5.10 Å². The third kappa shape index (κ3) is 3.66. The smallest absolute Gasteiger partial charge is 0.274 e. The molecular weight excluding hydrogens is 242 g/mol. The van der Waals surface area contributed by atoms with Crippen LogP contribution in [0.5, 0.6) is 0 Å². The molecule has 2 heterocycles. The second-order valence-corrected chi connectivity index (χ2v) is 5.18. The van der Waals surface area contributed by atoms with E-state index in [1.165, 1.54) is 31.4 Å². The molecule has 0 radical (unpaired) electrons. The van der Waals surface area contributed by atoms with E-state index in [1.54, 1.807) is 0 Å². The average Bonchev–Trinajstić information content (AvgIpc) is 2.65. The van der Waals surface area contributed by atoms with E-state index < -0.39 is 0 Å². The molecule has 1 amide bonds. The van der Waals surface area contributed by atoms with Gasteiger partial charge in [0.1, 0.15) is 5.69 Å². The van der Waals surface area contributed by atoms with E-state index in [2.05, 4.69) is 17.1 Å². The molecule has 5 nitrogen and oxygen atoms in total. The van der Waals surface area contributed by atoms with Gasteiger partial charge in [0.05, 0.1) is 0 Å². The molecule has 0 aliphatic carbocycles. The Labute approximate surface area is 113 Å². The van der Waals surface area contributed by atoms with E-state index in [1.807, 2.05) is 4.90 Å². The lowest BCUT2D eigenvalue weighted by Gasteiger charge is -2.19. The van der Waals surface area contributed by atoms with Crippen LogP contribution in [0.3, 0.4) is 0 Å². The van der Waals surface area contributed by atoms with Crippen LogP contribution < -0.4 is 5.56 Å². The molecule has 1 aromatic heterocycles. The van der Waals surface area contributed by atoms with Crippen molar-refractivity contribution >= 4 is 5.91 Å². The van der Waals surface area contributed by atoms with E-state index in [0.29, 0.717) is 5.69 Å². The molecule has 1 unspecified atom stereocenters. The number of hydrogen-bond acceptors (Lipinski definition) is 3. The maximum atomic E-state index is 12.3. The van der Waals surface area contributed by atoms with Gasteiger partial charge >= 0.3 is 0 Å². The number of rotatable bonds is 3. The molecule has 1 N–H and O–H groups in total. The Hall–Kier alpha value is -1.65. The summed E-state index contributed by atoms with van der Waals surface area (Å²) < 4.78 is 0. The number of carbonyl (C=O) groups excluding carboxylic acids is 1. The van der Waals surface area contributed by atoms with Gasteiger partial charge in [-0.05, 0) is 31.2 Å². The first kappa shape index (κ1) is 13.8. The predicted octanol–water partition coefficient (Wildman–Crippen LogP) is 1.81. The first-order valence-corrected chi connectivity index (χ1v) is 7.05. The molecule has 0 saturated carbocycles. The minimum absolute atomic E-state index is 0.0756. The molecule has 104 valence electrons. The molecule has 19 heavy (non-hydrogen) atoms. The van der Waals surface area contributed by atoms with Crippen molar-refractivity contribution in [3.8, 4) is 0 Å². The largest absolute Gasteiger partial charge is 0.337 e. The Bertz CT molecular complexity index is 463. The molecule has 0 spiro atoms. The summed E-state index contributed by atoms with van der Waals surface area (Å²) in [5, 5.41) is 6.12. The summed E-state index contributed by atoms with van der Waals surface area (Å²) in [4.78, 5) is 25.1. The van der Waals surface area contributed by atoms with Crippen LogP contribution in [0.15, 0.2) is 16.9 Å². The summed E-state index contributed by atoms with van der Waals surface area (Å²) in [5.41, 5.74) is 0.0453. The predicted molar refractivity (Wildman–Crippen MR) is 73.0 cm³/mol. The van der Waals surface area contributed by atoms with Crippen LogP contribution in [0, 0.1) is 5.92 Å². The standard InChI is InChI=1S/C14H21N3O2/c1-2-4-11-5-3-9-17(10-8-11)14(19)12-6-7-13(18)16-15-12/h6-7,11H,2-5,8-10H2,1H3,(H,16,18). The summed E-state index contributed by atoms with van der Waals surface area (Å²) >= 11 is 0. The fraction of sp³-hybridized carbons (Fsp3) is 0.643. The van der Waals surface area contributed by atoms with Crippen molar-refractivity contribution in [2.45, 2.75) is 39.0 Å². The maximum Gasteiger partial charge on any atom is 0.274 e. The van der Waals surface area contributed by atoms with Crippen molar-refractivity contribution in [2.24, 2.45) is 5.92 Å². The molecule has 1 aromatic rings. The summed E-state index contributed by atoms with van der Waals surface area (Å²) in [6, 6.07) is 2.84. The Morgan fingerprint density at radius 3 is 2.95 bits per heavy atom. The summed E-state index contributed by atoms with van der Waals surface area (Å²) in [6.07, 6.45) is 5.79. The lowest BCUT2D eigenvalue weighted by Crippen LogP contribution is -2.33. The van der Waals surface area contributed by atoms with Gasteiger partial charge in [-0.15, -0.1) is 0 Å². The van der Waals surface area contributed by atoms with Gasteiger partial charge in [-0.2, -0.15) is 5.10 Å². The SMILES string of the molecule is CCCC1CCCN(C(=O)c2ccc(=O)[nH]n2)CC1. The third-order valence-corrected chi connectivity index (χ3v) is 3.73. The van der Waals surface area contributed by atoms with Gasteiger partial charge in [0.25, 0.3) is 11.5 Å². The van der Waals surface area contributed by atoms with Crippen molar-refractivity contribution < 1.29 is 4.79 Å². The molecule has 5 heteroatoms. The van der Waals surface area contributed by atoms with Gasteiger partial charge in [-0.3, -0.25) is 9.59 Å². The summed E-state index contributed by atoms with van der Waals surface area (Å²) in [5.74, 6) is 0.666. The number of amides is 1. The van der Waals surface area contributed by atoms with Gasteiger partial charge in [-0.1, -0.05) is 19.8 Å². The van der Waals surface area contributed by atoms with Crippen molar-refractivity contribution in [3.05, 3.63) is 28.2 Å². The topological polar surface area (TPSA) is 66.1 Å². The lowest BCUT2D eigenvalue weighted by atomic mass is 9.96. The Balaban J connectivity index is 1.99. The number of likely N-dealkylation sites (tertiary alicyclic amines) is 1. The highest BCUT2D eigenvalue weighted by Gasteiger charge is 2.21. The fourth-order valence-electron chi connectivity index (χ4n) is 2.69. The van der Waals surface area contributed by atoms with Crippen molar-refractivity contribution in [2.75, 3.05) is 13.1 Å². The average molecular weight is 263 g/mol. The highest BCUT2D eigenvalue weighted by Crippen LogP contribution is 2.22. The lowest BCUT2D eigenvalue weighted by molar-refractivity contribution is 0.0752. The minimum atomic E-state index is -0.282. The number of aromatic nitrogens is 2. The zero-order valence-corrected chi connectivity index (χ0v) is 11.4. The highest BCUT2D eigenvalue weighted by molar-refractivity contribution is 5.92. The minimum Gasteiger partial charge on any atom is -0.337 e. The monoisotopic (exact) mass is 263 g/mol. The van der Waals surface area contributed by atoms with E-state index in [4.69, 9.17) is 0 Å². The molecule has 1 saturated heterocycles. The first-order chi connectivity index (χ1) is 9.20. The molecule has 1 aliphatic heterocycles. The molecule has 1 atom stereocenters. The van der Waals surface area contributed by atoms with E-state index in [9.17, 15) is 9.59 Å². The maximum absolute atomic E-state index is 12.3. The van der Waals surface area contributed by atoms with Crippen molar-refractivity contribution in [1.29, 1.82) is 0 Å². The van der Waals surface area contributed by atoms with Crippen molar-refractivity contribution in [3.63, 3.8) is 0 Å². The van der Waals surface area contributed by atoms with Gasteiger partial charge in [0, 0.05) is 19.2 Å². The number of H-pyrrole nitrogens is 1. The third-order valence-electron chi connectivity index (χ3n) is 3.73. The van der Waals surface area contributed by atoms with Gasteiger partial charge in [0.15, 0.2) is 0 Å². The van der Waals surface area contributed by atoms with Crippen molar-refractivity contribution in [1.82, 2.24) is 15.1 Å². The normalized spacial score (nSPS) is 20.1. The van der Waals surface area contributed by atoms with Crippen LogP contribution >= 0.6 is 0 Å². The first-order valence-electron chi connectivity index (χ1n) is 7.05. The molecule has 1 fully saturated rings. The number of nitrogens with one attached hydrogen (secondary N) is 1. The second kappa shape index (κ2) is 6.50. The Morgan fingerprint density at radius 1 is 1.42 bits per heavy atom. The van der Waals surface area contributed by atoms with E-state index in [-0.39, 0.29) is 11.5 Å². The van der Waals surface area contributed by atoms with Crippen LogP contribution in [0.4, 0.5) is 0 Å². The van der Waals surface area contributed by atoms with E-state index in [0.717, 1.165) is 31.8 Å². The van der Waals surface area contributed by atoms with Crippen LogP contribution in [0.25, 0.3) is 0 Å². The zero-order chi connectivity index (χ0) is 13.7. The van der Waals surface area contributed by atoms with Crippen LogP contribution in [0.1, 0.15) is 49.5 Å². The molecule has 0 bridgehead atoms. The zero-order valence-electron chi connectivity index (χ0n) is 11.4. The summed E-state index contributed by atoms with van der Waals surface area (Å²) in [6.45, 7) is 3.79. The molecule has 1 aliphatic rings. The number of carbonyl (C=O) groups is 1. The molecule has 2 rings (SSSR count). The highest BCUT2D eigenvalue weighted by atomic mass is 16.2. The number of hydrogen-bond donors (Lipinski definition) is 1. The molecule has 0 aromatic carbocycles. The summed E-state index contributed by atoms with van der Waals surface area (Å²) in [7, 11) is 0. The number of nitrogens with zero attached hydrogens (tertiary/aromatic N) is 2. The van der Waals surface area contributed by atoms with E-state index >= 15 is 0 Å². The fourth-order valence-corrected chi connectivity index (χ4v) is 2.69.